The third-order valence-corrected chi connectivity index (χ3v) is 3.54. The van der Waals surface area contributed by atoms with E-state index >= 15 is 0 Å². The lowest BCUT2D eigenvalue weighted by atomic mass is 9.85. The zero-order valence-corrected chi connectivity index (χ0v) is 8.03. The molecule has 2 aliphatic carbocycles. The number of esters is 1. The molecule has 2 aliphatic rings. The maximum Gasteiger partial charge on any atom is 0.310 e. The number of nitrogens with two attached hydrogens (primary N) is 1. The van der Waals surface area contributed by atoms with Crippen LogP contribution in [0.25, 0.3) is 0 Å². The van der Waals surface area contributed by atoms with E-state index in [1.54, 1.807) is 0 Å². The number of hydrogen-bond acceptors (Lipinski definition) is 3. The van der Waals surface area contributed by atoms with E-state index in [-0.39, 0.29) is 17.9 Å². The number of carbonyl (C=O) groups excluding carboxylic acids is 1. The third-order valence-electron chi connectivity index (χ3n) is 3.54. The van der Waals surface area contributed by atoms with Gasteiger partial charge in [-0.2, -0.15) is 0 Å². The van der Waals surface area contributed by atoms with Crippen LogP contribution in [0.5, 0.6) is 0 Å². The summed E-state index contributed by atoms with van der Waals surface area (Å²) in [5, 5.41) is 0. The van der Waals surface area contributed by atoms with E-state index in [4.69, 9.17) is 10.5 Å². The summed E-state index contributed by atoms with van der Waals surface area (Å²) in [5.41, 5.74) is 5.99. The molecule has 0 aromatic heterocycles. The molecule has 0 radical (unpaired) electrons. The second-order valence-corrected chi connectivity index (χ2v) is 4.19. The Bertz CT molecular complexity index is 215. The van der Waals surface area contributed by atoms with Gasteiger partial charge in [0.1, 0.15) is 0 Å². The Morgan fingerprint density at radius 2 is 2.15 bits per heavy atom. The standard InChI is InChI=1S/C10H17NO2/c1-2-13-10(12)8-6-3-4-7(5-6)9(8)11/h6-9H,2-5,11H2,1H3/t6-,7-,8+,9-/m0/s1. The SMILES string of the molecule is CCOC(=O)[C@@H]1[C@H]2CC[C@@H](C2)[C@@H]1N. The molecule has 13 heavy (non-hydrogen) atoms. The summed E-state index contributed by atoms with van der Waals surface area (Å²) in [6, 6.07) is 0.0674. The number of fused-ring (bicyclic) bond motifs is 2. The fraction of sp³-hybridized carbons (Fsp3) is 0.900. The Morgan fingerprint density at radius 3 is 2.69 bits per heavy atom. The number of ether oxygens (including phenoxy) is 1. The molecule has 0 aromatic rings. The molecule has 2 rings (SSSR count). The minimum absolute atomic E-state index is 0.00120. The van der Waals surface area contributed by atoms with Crippen LogP contribution in [0.15, 0.2) is 0 Å². The van der Waals surface area contributed by atoms with Crippen molar-refractivity contribution in [1.82, 2.24) is 0 Å². The van der Waals surface area contributed by atoms with Crippen LogP contribution in [-0.2, 0) is 9.53 Å². The van der Waals surface area contributed by atoms with Gasteiger partial charge in [0.2, 0.25) is 0 Å². The molecule has 0 saturated heterocycles. The molecule has 74 valence electrons. The van der Waals surface area contributed by atoms with Crippen molar-refractivity contribution in [2.24, 2.45) is 23.5 Å². The second kappa shape index (κ2) is 3.29. The fourth-order valence-electron chi connectivity index (χ4n) is 2.92. The predicted octanol–water partition coefficient (Wildman–Crippen LogP) is 0.923. The quantitative estimate of drug-likeness (QED) is 0.648. The molecule has 2 fully saturated rings. The van der Waals surface area contributed by atoms with Gasteiger partial charge >= 0.3 is 5.97 Å². The van der Waals surface area contributed by atoms with Crippen molar-refractivity contribution in [3.05, 3.63) is 0 Å². The van der Waals surface area contributed by atoms with Crippen LogP contribution >= 0.6 is 0 Å². The monoisotopic (exact) mass is 183 g/mol. The van der Waals surface area contributed by atoms with Crippen molar-refractivity contribution in [1.29, 1.82) is 0 Å². The molecular weight excluding hydrogens is 166 g/mol. The summed E-state index contributed by atoms with van der Waals surface area (Å²) in [6.07, 6.45) is 3.52. The highest BCUT2D eigenvalue weighted by molar-refractivity contribution is 5.74. The Hall–Kier alpha value is -0.570. The average molecular weight is 183 g/mol. The average Bonchev–Trinajstić information content (AvgIpc) is 2.63. The third kappa shape index (κ3) is 1.35. The van der Waals surface area contributed by atoms with E-state index in [2.05, 4.69) is 0 Å². The van der Waals surface area contributed by atoms with Crippen LogP contribution < -0.4 is 5.73 Å². The molecule has 3 nitrogen and oxygen atoms in total. The van der Waals surface area contributed by atoms with Gasteiger partial charge in [-0.05, 0) is 38.0 Å². The predicted molar refractivity (Wildman–Crippen MR) is 48.9 cm³/mol. The summed E-state index contributed by atoms with van der Waals surface area (Å²) < 4.78 is 5.03. The zero-order chi connectivity index (χ0) is 9.42. The molecule has 0 unspecified atom stereocenters. The smallest absolute Gasteiger partial charge is 0.310 e. The molecule has 0 aromatic carbocycles. The van der Waals surface area contributed by atoms with E-state index < -0.39 is 0 Å². The first-order valence-corrected chi connectivity index (χ1v) is 5.16. The largest absolute Gasteiger partial charge is 0.466 e. The lowest BCUT2D eigenvalue weighted by Crippen LogP contribution is -2.41. The Labute approximate surface area is 78.6 Å². The van der Waals surface area contributed by atoms with Gasteiger partial charge in [0.15, 0.2) is 0 Å². The summed E-state index contributed by atoms with van der Waals surface area (Å²) in [7, 11) is 0. The first-order chi connectivity index (χ1) is 6.24. The summed E-state index contributed by atoms with van der Waals surface area (Å²) in [6.45, 7) is 2.32. The van der Waals surface area contributed by atoms with Gasteiger partial charge in [0.25, 0.3) is 0 Å². The van der Waals surface area contributed by atoms with E-state index in [0.717, 1.165) is 6.42 Å². The lowest BCUT2D eigenvalue weighted by molar-refractivity contribution is -0.150. The Morgan fingerprint density at radius 1 is 1.46 bits per heavy atom. The number of carbonyl (C=O) groups is 1. The van der Waals surface area contributed by atoms with Gasteiger partial charge in [0, 0.05) is 6.04 Å². The first-order valence-electron chi connectivity index (χ1n) is 5.16. The molecule has 2 bridgehead atoms. The number of rotatable bonds is 2. The maximum absolute atomic E-state index is 11.5. The molecule has 0 heterocycles. The van der Waals surface area contributed by atoms with Gasteiger partial charge in [-0.3, -0.25) is 4.79 Å². The van der Waals surface area contributed by atoms with Gasteiger partial charge in [0.05, 0.1) is 12.5 Å². The first kappa shape index (κ1) is 9.00. The van der Waals surface area contributed by atoms with Gasteiger partial charge < -0.3 is 10.5 Å². The van der Waals surface area contributed by atoms with Gasteiger partial charge in [-0.25, -0.2) is 0 Å². The molecule has 0 spiro atoms. The number of hydrogen-bond donors (Lipinski definition) is 1. The van der Waals surface area contributed by atoms with Crippen LogP contribution in [0, 0.1) is 17.8 Å². The summed E-state index contributed by atoms with van der Waals surface area (Å²) >= 11 is 0. The van der Waals surface area contributed by atoms with Crippen molar-refractivity contribution in [2.75, 3.05) is 6.61 Å². The molecule has 0 aliphatic heterocycles. The lowest BCUT2D eigenvalue weighted by Gasteiger charge is -2.25. The highest BCUT2D eigenvalue weighted by Gasteiger charge is 2.49. The van der Waals surface area contributed by atoms with E-state index in [0.29, 0.717) is 18.4 Å². The molecule has 2 saturated carbocycles. The molecular formula is C10H17NO2. The minimum Gasteiger partial charge on any atom is -0.466 e. The molecule has 3 heteroatoms. The van der Waals surface area contributed by atoms with Gasteiger partial charge in [-0.1, -0.05) is 0 Å². The Kier molecular flexibility index (Phi) is 2.28. The van der Waals surface area contributed by atoms with Crippen LogP contribution in [0.1, 0.15) is 26.2 Å². The fourth-order valence-corrected chi connectivity index (χ4v) is 2.92. The minimum atomic E-state index is -0.0674. The second-order valence-electron chi connectivity index (χ2n) is 4.19. The van der Waals surface area contributed by atoms with Crippen LogP contribution in [0.4, 0.5) is 0 Å². The van der Waals surface area contributed by atoms with Crippen molar-refractivity contribution in [2.45, 2.75) is 32.2 Å². The van der Waals surface area contributed by atoms with Crippen LogP contribution in [0.3, 0.4) is 0 Å². The van der Waals surface area contributed by atoms with Gasteiger partial charge in [-0.15, -0.1) is 0 Å². The van der Waals surface area contributed by atoms with E-state index in [9.17, 15) is 4.79 Å². The zero-order valence-electron chi connectivity index (χ0n) is 8.03. The topological polar surface area (TPSA) is 52.3 Å². The summed E-state index contributed by atoms with van der Waals surface area (Å²) in [4.78, 5) is 11.5. The Balaban J connectivity index is 2.03. The van der Waals surface area contributed by atoms with Crippen molar-refractivity contribution in [3.63, 3.8) is 0 Å². The highest BCUT2D eigenvalue weighted by Crippen LogP contribution is 2.47. The molecule has 4 atom stereocenters. The van der Waals surface area contributed by atoms with Crippen molar-refractivity contribution in [3.8, 4) is 0 Å². The molecule has 2 N–H and O–H groups in total. The molecule has 0 amide bonds. The highest BCUT2D eigenvalue weighted by atomic mass is 16.5. The van der Waals surface area contributed by atoms with Crippen molar-refractivity contribution >= 4 is 5.97 Å². The summed E-state index contributed by atoms with van der Waals surface area (Å²) in [5.74, 6) is 1.03. The maximum atomic E-state index is 11.5. The normalized spacial score (nSPS) is 42.3. The van der Waals surface area contributed by atoms with Crippen molar-refractivity contribution < 1.29 is 9.53 Å². The van der Waals surface area contributed by atoms with Crippen LogP contribution in [-0.4, -0.2) is 18.6 Å². The van der Waals surface area contributed by atoms with E-state index in [1.807, 2.05) is 6.92 Å². The van der Waals surface area contributed by atoms with Crippen LogP contribution in [0.2, 0.25) is 0 Å². The van der Waals surface area contributed by atoms with E-state index in [1.165, 1.54) is 12.8 Å².